The normalized spacial score (nSPS) is 11.4. The summed E-state index contributed by atoms with van der Waals surface area (Å²) < 4.78 is 43.6. The fourth-order valence-corrected chi connectivity index (χ4v) is 2.54. The van der Waals surface area contributed by atoms with Crippen molar-refractivity contribution in [3.8, 4) is 22.6 Å². The van der Waals surface area contributed by atoms with Crippen molar-refractivity contribution in [2.45, 2.75) is 6.36 Å². The van der Waals surface area contributed by atoms with Gasteiger partial charge in [0.05, 0.1) is 6.20 Å². The maximum absolute atomic E-state index is 12.4. The van der Waals surface area contributed by atoms with Crippen molar-refractivity contribution in [3.05, 3.63) is 59.3 Å². The number of nitrogens with one attached hydrogen (secondary N) is 1. The van der Waals surface area contributed by atoms with E-state index in [9.17, 15) is 18.0 Å². The fourth-order valence-electron chi connectivity index (χ4n) is 2.54. The molecule has 2 aromatic heterocycles. The van der Waals surface area contributed by atoms with Gasteiger partial charge in [-0.05, 0) is 24.3 Å². The van der Waals surface area contributed by atoms with E-state index >= 15 is 0 Å². The Kier molecular flexibility index (Phi) is 4.45. The average Bonchev–Trinajstić information content (AvgIpc) is 3.00. The van der Waals surface area contributed by atoms with Gasteiger partial charge in [0.15, 0.2) is 0 Å². The van der Waals surface area contributed by atoms with E-state index in [4.69, 9.17) is 0 Å². The molecule has 0 fully saturated rings. The van der Waals surface area contributed by atoms with Gasteiger partial charge in [-0.2, -0.15) is 5.10 Å². The molecule has 2 heterocycles. The van der Waals surface area contributed by atoms with Crippen LogP contribution in [0.15, 0.2) is 53.7 Å². The van der Waals surface area contributed by atoms with Crippen LogP contribution >= 0.6 is 0 Å². The first-order chi connectivity index (χ1) is 12.3. The Morgan fingerprint density at radius 2 is 1.85 bits per heavy atom. The molecule has 0 saturated heterocycles. The van der Waals surface area contributed by atoms with Gasteiger partial charge in [0.1, 0.15) is 5.75 Å². The Bertz CT molecular complexity index is 975. The second-order valence-electron chi connectivity index (χ2n) is 5.50. The largest absolute Gasteiger partial charge is 0.573 e. The van der Waals surface area contributed by atoms with E-state index in [0.717, 1.165) is 23.3 Å². The lowest BCUT2D eigenvalue weighted by atomic mass is 10.1. The van der Waals surface area contributed by atoms with Crippen molar-refractivity contribution in [3.63, 3.8) is 0 Å². The van der Waals surface area contributed by atoms with Crippen molar-refractivity contribution in [1.82, 2.24) is 14.3 Å². The summed E-state index contributed by atoms with van der Waals surface area (Å²) in [5.74, 6) is -0.353. The molecule has 0 spiro atoms. The maximum Gasteiger partial charge on any atom is 0.573 e. The van der Waals surface area contributed by atoms with Gasteiger partial charge in [0.25, 0.3) is 5.56 Å². The summed E-state index contributed by atoms with van der Waals surface area (Å²) in [6, 6.07) is 6.50. The van der Waals surface area contributed by atoms with Gasteiger partial charge in [0.2, 0.25) is 0 Å². The third-order valence-corrected chi connectivity index (χ3v) is 3.69. The van der Waals surface area contributed by atoms with Crippen LogP contribution in [0.1, 0.15) is 0 Å². The second kappa shape index (κ2) is 6.58. The Hall–Kier alpha value is -3.23. The van der Waals surface area contributed by atoms with Gasteiger partial charge in [-0.15, -0.1) is 13.2 Å². The quantitative estimate of drug-likeness (QED) is 0.773. The van der Waals surface area contributed by atoms with Gasteiger partial charge >= 0.3 is 6.36 Å². The van der Waals surface area contributed by atoms with E-state index < -0.39 is 6.36 Å². The van der Waals surface area contributed by atoms with Crippen LogP contribution < -0.4 is 15.6 Å². The molecule has 26 heavy (non-hydrogen) atoms. The molecule has 0 bridgehead atoms. The number of benzene rings is 1. The lowest BCUT2D eigenvalue weighted by molar-refractivity contribution is -0.274. The Morgan fingerprint density at radius 1 is 1.15 bits per heavy atom. The maximum atomic E-state index is 12.4. The van der Waals surface area contributed by atoms with Crippen LogP contribution in [0, 0.1) is 0 Å². The minimum absolute atomic E-state index is 0.327. The summed E-state index contributed by atoms with van der Waals surface area (Å²) in [5.41, 5.74) is 2.23. The summed E-state index contributed by atoms with van der Waals surface area (Å²) in [7, 11) is 3.47. The SMILES string of the molecule is CNc1cc(=O)n(-c2ccc(OC(F)(F)F)cc2)cc1-c1cnn(C)c1. The molecule has 3 rings (SSSR count). The molecule has 136 valence electrons. The van der Waals surface area contributed by atoms with Crippen LogP contribution in [0.2, 0.25) is 0 Å². The number of alkyl halides is 3. The first-order valence-corrected chi connectivity index (χ1v) is 7.56. The Morgan fingerprint density at radius 3 is 2.38 bits per heavy atom. The van der Waals surface area contributed by atoms with E-state index in [-0.39, 0.29) is 11.3 Å². The van der Waals surface area contributed by atoms with Crippen LogP contribution in [0.4, 0.5) is 18.9 Å². The lowest BCUT2D eigenvalue weighted by Gasteiger charge is -2.13. The van der Waals surface area contributed by atoms with Crippen molar-refractivity contribution in [2.75, 3.05) is 12.4 Å². The molecule has 0 atom stereocenters. The van der Waals surface area contributed by atoms with Crippen LogP contribution in [0.25, 0.3) is 16.8 Å². The molecule has 0 amide bonds. The zero-order valence-corrected chi connectivity index (χ0v) is 13.9. The number of aromatic nitrogens is 3. The predicted molar refractivity (Wildman–Crippen MR) is 90.5 cm³/mol. The highest BCUT2D eigenvalue weighted by molar-refractivity contribution is 5.76. The number of hydrogen-bond acceptors (Lipinski definition) is 4. The van der Waals surface area contributed by atoms with Gasteiger partial charge in [-0.3, -0.25) is 14.0 Å². The van der Waals surface area contributed by atoms with Gasteiger partial charge in [0, 0.05) is 55.1 Å². The summed E-state index contributed by atoms with van der Waals surface area (Å²) in [6.45, 7) is 0. The topological polar surface area (TPSA) is 61.1 Å². The highest BCUT2D eigenvalue weighted by atomic mass is 19.4. The van der Waals surface area contributed by atoms with Crippen LogP contribution in [0.3, 0.4) is 0 Å². The van der Waals surface area contributed by atoms with E-state index in [1.807, 2.05) is 0 Å². The number of anilines is 1. The number of nitrogens with zero attached hydrogens (tertiary/aromatic N) is 3. The van der Waals surface area contributed by atoms with Crippen molar-refractivity contribution < 1.29 is 17.9 Å². The Balaban J connectivity index is 2.04. The van der Waals surface area contributed by atoms with E-state index in [1.54, 1.807) is 37.4 Å². The highest BCUT2D eigenvalue weighted by Crippen LogP contribution is 2.27. The monoisotopic (exact) mass is 364 g/mol. The Labute approximate surface area is 146 Å². The molecule has 9 heteroatoms. The zero-order chi connectivity index (χ0) is 18.9. The molecule has 3 aromatic rings. The number of halogens is 3. The van der Waals surface area contributed by atoms with Crippen molar-refractivity contribution in [1.29, 1.82) is 0 Å². The molecule has 0 radical (unpaired) electrons. The zero-order valence-electron chi connectivity index (χ0n) is 13.9. The number of ether oxygens (including phenoxy) is 1. The first kappa shape index (κ1) is 17.6. The van der Waals surface area contributed by atoms with Crippen LogP contribution in [0.5, 0.6) is 5.75 Å². The average molecular weight is 364 g/mol. The summed E-state index contributed by atoms with van der Waals surface area (Å²) in [4.78, 5) is 12.4. The molecule has 0 aliphatic carbocycles. The van der Waals surface area contributed by atoms with E-state index in [2.05, 4.69) is 15.2 Å². The summed E-state index contributed by atoms with van der Waals surface area (Å²) in [5, 5.41) is 7.08. The van der Waals surface area contributed by atoms with Gasteiger partial charge < -0.3 is 10.1 Å². The van der Waals surface area contributed by atoms with Crippen LogP contribution in [-0.2, 0) is 7.05 Å². The summed E-state index contributed by atoms with van der Waals surface area (Å²) >= 11 is 0. The number of rotatable bonds is 4. The fraction of sp³-hybridized carbons (Fsp3) is 0.176. The number of pyridine rings is 1. The molecule has 1 aromatic carbocycles. The predicted octanol–water partition coefficient (Wildman–Crippen LogP) is 3.18. The highest BCUT2D eigenvalue weighted by Gasteiger charge is 2.31. The minimum atomic E-state index is -4.76. The third-order valence-electron chi connectivity index (χ3n) is 3.69. The first-order valence-electron chi connectivity index (χ1n) is 7.56. The van der Waals surface area contributed by atoms with E-state index in [0.29, 0.717) is 11.4 Å². The lowest BCUT2D eigenvalue weighted by Crippen LogP contribution is -2.19. The number of hydrogen-bond donors (Lipinski definition) is 1. The molecular formula is C17H15F3N4O2. The van der Waals surface area contributed by atoms with Crippen LogP contribution in [-0.4, -0.2) is 27.8 Å². The van der Waals surface area contributed by atoms with Gasteiger partial charge in [-0.25, -0.2) is 0 Å². The molecule has 0 unspecified atom stereocenters. The smallest absolute Gasteiger partial charge is 0.406 e. The van der Waals surface area contributed by atoms with Gasteiger partial charge in [-0.1, -0.05) is 0 Å². The molecule has 0 aliphatic heterocycles. The standard InChI is InChI=1S/C17H15F3N4O2/c1-21-15-7-16(25)24(10-14(15)11-8-22-23(2)9-11)12-3-5-13(6-4-12)26-17(18,19)20/h3-10,21H,1-2H3. The summed E-state index contributed by atoms with van der Waals surface area (Å²) in [6.07, 6.45) is 0.307. The van der Waals surface area contributed by atoms with E-state index in [1.165, 1.54) is 22.8 Å². The minimum Gasteiger partial charge on any atom is -0.406 e. The number of aryl methyl sites for hydroxylation is 1. The molecule has 6 nitrogen and oxygen atoms in total. The molecule has 0 saturated carbocycles. The second-order valence-corrected chi connectivity index (χ2v) is 5.50. The molecule has 1 N–H and O–H groups in total. The molecule has 0 aliphatic rings. The molecular weight excluding hydrogens is 349 g/mol. The van der Waals surface area contributed by atoms with Crippen molar-refractivity contribution in [2.24, 2.45) is 7.05 Å². The van der Waals surface area contributed by atoms with Crippen molar-refractivity contribution >= 4 is 5.69 Å². The third kappa shape index (κ3) is 3.71.